The summed E-state index contributed by atoms with van der Waals surface area (Å²) in [6, 6.07) is 0. The van der Waals surface area contributed by atoms with E-state index < -0.39 is 0 Å². The maximum absolute atomic E-state index is 2.25. The van der Waals surface area contributed by atoms with Gasteiger partial charge >= 0.3 is 0 Å². The van der Waals surface area contributed by atoms with Crippen LogP contribution in [0.1, 0.15) is 25.7 Å². The van der Waals surface area contributed by atoms with Crippen molar-refractivity contribution in [1.29, 1.82) is 0 Å². The lowest BCUT2D eigenvalue weighted by molar-refractivity contribution is -0.862. The summed E-state index contributed by atoms with van der Waals surface area (Å²) in [5.74, 6) is 1.05. The van der Waals surface area contributed by atoms with Gasteiger partial charge in [-0.2, -0.15) is 0 Å². The summed E-state index contributed by atoms with van der Waals surface area (Å²) in [4.78, 5) is 1.61. The van der Waals surface area contributed by atoms with Crippen molar-refractivity contribution in [2.75, 3.05) is 20.6 Å². The molecule has 1 heteroatoms. The molecule has 9 heavy (non-hydrogen) atoms. The van der Waals surface area contributed by atoms with Crippen LogP contribution >= 0.6 is 0 Å². The molecule has 0 heterocycles. The zero-order valence-corrected chi connectivity index (χ0v) is 6.61. The molecule has 1 rings (SSSR count). The van der Waals surface area contributed by atoms with Crippen molar-refractivity contribution >= 4 is 0 Å². The van der Waals surface area contributed by atoms with Gasteiger partial charge in [-0.25, -0.2) is 0 Å². The lowest BCUT2D eigenvalue weighted by Gasteiger charge is -2.11. The van der Waals surface area contributed by atoms with Crippen LogP contribution in [0, 0.1) is 5.92 Å². The summed E-state index contributed by atoms with van der Waals surface area (Å²) in [7, 11) is 4.50. The molecule has 0 radical (unpaired) electrons. The van der Waals surface area contributed by atoms with Crippen LogP contribution < -0.4 is 4.90 Å². The molecule has 1 nitrogen and oxygen atoms in total. The van der Waals surface area contributed by atoms with Gasteiger partial charge in [-0.1, -0.05) is 12.8 Å². The number of nitrogens with one attached hydrogen (secondary N) is 1. The molecule has 0 amide bonds. The molecule has 0 aliphatic heterocycles. The molecule has 1 saturated carbocycles. The SMILES string of the molecule is C[NH+](C)CC1CCCC1. The maximum Gasteiger partial charge on any atom is 0.0795 e. The molecular formula is C8H18N+. The minimum Gasteiger partial charge on any atom is -0.340 e. The third-order valence-corrected chi connectivity index (χ3v) is 2.17. The number of hydrogen-bond acceptors (Lipinski definition) is 0. The fraction of sp³-hybridized carbons (Fsp3) is 1.00. The third-order valence-electron chi connectivity index (χ3n) is 2.17. The average molecular weight is 128 g/mol. The zero-order valence-electron chi connectivity index (χ0n) is 6.61. The normalized spacial score (nSPS) is 21.7. The first-order valence-electron chi connectivity index (χ1n) is 4.08. The first-order chi connectivity index (χ1) is 4.29. The zero-order chi connectivity index (χ0) is 6.69. The van der Waals surface area contributed by atoms with E-state index in [1.807, 2.05) is 0 Å². The van der Waals surface area contributed by atoms with E-state index in [0.29, 0.717) is 0 Å². The van der Waals surface area contributed by atoms with E-state index in [2.05, 4.69) is 14.1 Å². The minimum absolute atomic E-state index is 1.05. The van der Waals surface area contributed by atoms with Gasteiger partial charge in [0.25, 0.3) is 0 Å². The Kier molecular flexibility index (Phi) is 2.52. The highest BCUT2D eigenvalue weighted by Gasteiger charge is 2.16. The Labute approximate surface area is 58.0 Å². The molecular weight excluding hydrogens is 110 g/mol. The summed E-state index contributed by atoms with van der Waals surface area (Å²) >= 11 is 0. The van der Waals surface area contributed by atoms with Gasteiger partial charge in [-0.3, -0.25) is 0 Å². The Balaban J connectivity index is 2.11. The van der Waals surface area contributed by atoms with Crippen LogP contribution in [0.15, 0.2) is 0 Å². The first-order valence-corrected chi connectivity index (χ1v) is 4.08. The van der Waals surface area contributed by atoms with E-state index in [4.69, 9.17) is 0 Å². The van der Waals surface area contributed by atoms with Gasteiger partial charge in [0.1, 0.15) is 0 Å². The largest absolute Gasteiger partial charge is 0.340 e. The van der Waals surface area contributed by atoms with Crippen LogP contribution in [0.5, 0.6) is 0 Å². The summed E-state index contributed by atoms with van der Waals surface area (Å²) in [5.41, 5.74) is 0. The predicted molar refractivity (Wildman–Crippen MR) is 39.6 cm³/mol. The van der Waals surface area contributed by atoms with Crippen molar-refractivity contribution in [2.24, 2.45) is 5.92 Å². The Morgan fingerprint density at radius 1 is 1.22 bits per heavy atom. The van der Waals surface area contributed by atoms with Crippen molar-refractivity contribution in [3.63, 3.8) is 0 Å². The Bertz CT molecular complexity index is 72.6. The third kappa shape index (κ3) is 2.35. The predicted octanol–water partition coefficient (Wildman–Crippen LogP) is 0.321. The molecule has 54 valence electrons. The molecule has 1 fully saturated rings. The summed E-state index contributed by atoms with van der Waals surface area (Å²) in [6.45, 7) is 1.39. The fourth-order valence-electron chi connectivity index (χ4n) is 1.79. The highest BCUT2D eigenvalue weighted by atomic mass is 15.1. The summed E-state index contributed by atoms with van der Waals surface area (Å²) in [6.07, 6.45) is 5.95. The van der Waals surface area contributed by atoms with Gasteiger partial charge in [-0.05, 0) is 12.8 Å². The Morgan fingerprint density at radius 2 is 1.78 bits per heavy atom. The van der Waals surface area contributed by atoms with E-state index in [9.17, 15) is 0 Å². The van der Waals surface area contributed by atoms with Gasteiger partial charge in [0.2, 0.25) is 0 Å². The fourth-order valence-corrected chi connectivity index (χ4v) is 1.79. The molecule has 0 aromatic carbocycles. The Hall–Kier alpha value is -0.0400. The van der Waals surface area contributed by atoms with Gasteiger partial charge in [-0.15, -0.1) is 0 Å². The molecule has 0 aromatic rings. The van der Waals surface area contributed by atoms with Crippen LogP contribution in [0.25, 0.3) is 0 Å². The average Bonchev–Trinajstić information content (AvgIpc) is 2.15. The first kappa shape index (κ1) is 7.07. The molecule has 0 bridgehead atoms. The Morgan fingerprint density at radius 3 is 2.22 bits per heavy atom. The molecule has 0 unspecified atom stereocenters. The van der Waals surface area contributed by atoms with Crippen LogP contribution in [-0.4, -0.2) is 20.6 Å². The number of rotatable bonds is 2. The van der Waals surface area contributed by atoms with Crippen molar-refractivity contribution in [3.8, 4) is 0 Å². The van der Waals surface area contributed by atoms with Crippen LogP contribution in [-0.2, 0) is 0 Å². The second kappa shape index (κ2) is 3.21. The highest BCUT2D eigenvalue weighted by molar-refractivity contribution is 4.65. The molecule has 0 atom stereocenters. The molecule has 1 N–H and O–H groups in total. The topological polar surface area (TPSA) is 4.44 Å². The molecule has 0 aromatic heterocycles. The van der Waals surface area contributed by atoms with Gasteiger partial charge in [0.15, 0.2) is 0 Å². The van der Waals surface area contributed by atoms with Crippen LogP contribution in [0.4, 0.5) is 0 Å². The second-order valence-electron chi connectivity index (χ2n) is 3.56. The van der Waals surface area contributed by atoms with Crippen LogP contribution in [0.3, 0.4) is 0 Å². The van der Waals surface area contributed by atoms with Crippen molar-refractivity contribution in [1.82, 2.24) is 0 Å². The smallest absolute Gasteiger partial charge is 0.0795 e. The van der Waals surface area contributed by atoms with Crippen LogP contribution in [0.2, 0.25) is 0 Å². The van der Waals surface area contributed by atoms with Gasteiger partial charge in [0, 0.05) is 5.92 Å². The standard InChI is InChI=1S/C8H17N/c1-9(2)7-8-5-3-4-6-8/h8H,3-7H2,1-2H3/p+1. The molecule has 0 spiro atoms. The van der Waals surface area contributed by atoms with Crippen molar-refractivity contribution in [2.45, 2.75) is 25.7 Å². The molecule has 1 aliphatic rings. The van der Waals surface area contributed by atoms with E-state index in [1.54, 1.807) is 4.90 Å². The lowest BCUT2D eigenvalue weighted by Crippen LogP contribution is -3.06. The molecule has 1 aliphatic carbocycles. The van der Waals surface area contributed by atoms with Crippen molar-refractivity contribution < 1.29 is 4.90 Å². The number of hydrogen-bond donors (Lipinski definition) is 1. The number of quaternary nitrogens is 1. The van der Waals surface area contributed by atoms with E-state index in [0.717, 1.165) is 5.92 Å². The van der Waals surface area contributed by atoms with Crippen molar-refractivity contribution in [3.05, 3.63) is 0 Å². The van der Waals surface area contributed by atoms with E-state index >= 15 is 0 Å². The highest BCUT2D eigenvalue weighted by Crippen LogP contribution is 2.22. The van der Waals surface area contributed by atoms with Gasteiger partial charge in [0.05, 0.1) is 20.6 Å². The van der Waals surface area contributed by atoms with E-state index in [1.165, 1.54) is 32.2 Å². The van der Waals surface area contributed by atoms with E-state index in [-0.39, 0.29) is 0 Å². The summed E-state index contributed by atoms with van der Waals surface area (Å²) in [5, 5.41) is 0. The quantitative estimate of drug-likeness (QED) is 0.546. The summed E-state index contributed by atoms with van der Waals surface area (Å²) < 4.78 is 0. The maximum atomic E-state index is 2.25. The monoisotopic (exact) mass is 128 g/mol. The second-order valence-corrected chi connectivity index (χ2v) is 3.56. The minimum atomic E-state index is 1.05. The lowest BCUT2D eigenvalue weighted by atomic mass is 10.1. The molecule has 0 saturated heterocycles. The van der Waals surface area contributed by atoms with Gasteiger partial charge < -0.3 is 4.90 Å².